The van der Waals surface area contributed by atoms with Gasteiger partial charge in [-0.1, -0.05) is 33.1 Å². The minimum Gasteiger partial charge on any atom is -0.383 e. The third kappa shape index (κ3) is 4.17. The molecule has 1 saturated carbocycles. The normalized spacial score (nSPS) is 28.1. The van der Waals surface area contributed by atoms with Gasteiger partial charge in [0.25, 0.3) is 0 Å². The number of methoxy groups -OCH3 is 1. The first-order valence-electron chi connectivity index (χ1n) is 8.13. The molecule has 0 aromatic heterocycles. The van der Waals surface area contributed by atoms with Crippen molar-refractivity contribution in [3.05, 3.63) is 0 Å². The van der Waals surface area contributed by atoms with Crippen molar-refractivity contribution >= 4 is 0 Å². The summed E-state index contributed by atoms with van der Waals surface area (Å²) >= 11 is 0. The number of hydrogen-bond acceptors (Lipinski definition) is 3. The number of ether oxygens (including phenoxy) is 1. The maximum atomic E-state index is 5.31. The third-order valence-electron chi connectivity index (χ3n) is 4.87. The van der Waals surface area contributed by atoms with Gasteiger partial charge in [-0.15, -0.1) is 0 Å². The fourth-order valence-corrected chi connectivity index (χ4v) is 3.85. The molecule has 1 aliphatic carbocycles. The number of hydrogen-bond donors (Lipinski definition) is 1. The van der Waals surface area contributed by atoms with Crippen molar-refractivity contribution in [1.82, 2.24) is 10.2 Å². The smallest absolute Gasteiger partial charge is 0.0589 e. The van der Waals surface area contributed by atoms with Gasteiger partial charge in [0.15, 0.2) is 0 Å². The molecule has 1 spiro atoms. The monoisotopic (exact) mass is 268 g/mol. The van der Waals surface area contributed by atoms with Gasteiger partial charge >= 0.3 is 0 Å². The highest BCUT2D eigenvalue weighted by atomic mass is 16.5. The van der Waals surface area contributed by atoms with Gasteiger partial charge < -0.3 is 10.1 Å². The van der Waals surface area contributed by atoms with E-state index in [1.807, 2.05) is 7.11 Å². The fraction of sp³-hybridized carbons (Fsp3) is 1.00. The SMILES string of the molecule is COCCN1CC2(CCCCC2)NCC1CC(C)C. The molecular weight excluding hydrogens is 236 g/mol. The van der Waals surface area contributed by atoms with Crippen LogP contribution in [0.3, 0.4) is 0 Å². The van der Waals surface area contributed by atoms with Crippen LogP contribution in [-0.4, -0.2) is 49.8 Å². The Morgan fingerprint density at radius 1 is 1.26 bits per heavy atom. The first kappa shape index (κ1) is 15.3. The minimum absolute atomic E-state index is 0.416. The lowest BCUT2D eigenvalue weighted by Gasteiger charge is -2.50. The Morgan fingerprint density at radius 2 is 2.00 bits per heavy atom. The van der Waals surface area contributed by atoms with Crippen LogP contribution in [0.15, 0.2) is 0 Å². The van der Waals surface area contributed by atoms with Crippen LogP contribution in [0.25, 0.3) is 0 Å². The second-order valence-corrected chi connectivity index (χ2v) is 6.97. The Kier molecular flexibility index (Phi) is 5.67. The number of rotatable bonds is 5. The van der Waals surface area contributed by atoms with Crippen LogP contribution in [-0.2, 0) is 4.74 Å². The highest BCUT2D eigenvalue weighted by Gasteiger charge is 2.39. The molecule has 0 aromatic carbocycles. The van der Waals surface area contributed by atoms with Crippen molar-refractivity contribution in [2.75, 3.05) is 33.4 Å². The molecule has 1 unspecified atom stereocenters. The van der Waals surface area contributed by atoms with Crippen molar-refractivity contribution in [2.24, 2.45) is 5.92 Å². The van der Waals surface area contributed by atoms with E-state index in [9.17, 15) is 0 Å². The van der Waals surface area contributed by atoms with Crippen molar-refractivity contribution < 1.29 is 4.74 Å². The molecule has 1 aliphatic heterocycles. The molecule has 2 fully saturated rings. The van der Waals surface area contributed by atoms with Gasteiger partial charge in [-0.05, 0) is 25.2 Å². The van der Waals surface area contributed by atoms with Crippen LogP contribution < -0.4 is 5.32 Å². The molecule has 1 heterocycles. The number of nitrogens with zero attached hydrogens (tertiary/aromatic N) is 1. The second-order valence-electron chi connectivity index (χ2n) is 6.97. The van der Waals surface area contributed by atoms with Gasteiger partial charge in [0.1, 0.15) is 0 Å². The van der Waals surface area contributed by atoms with E-state index in [1.54, 1.807) is 0 Å². The Morgan fingerprint density at radius 3 is 2.63 bits per heavy atom. The average Bonchev–Trinajstić information content (AvgIpc) is 2.40. The van der Waals surface area contributed by atoms with Crippen molar-refractivity contribution in [3.8, 4) is 0 Å². The van der Waals surface area contributed by atoms with E-state index >= 15 is 0 Å². The zero-order chi connectivity index (χ0) is 13.7. The largest absolute Gasteiger partial charge is 0.383 e. The zero-order valence-corrected chi connectivity index (χ0v) is 13.1. The van der Waals surface area contributed by atoms with E-state index < -0.39 is 0 Å². The zero-order valence-electron chi connectivity index (χ0n) is 13.1. The van der Waals surface area contributed by atoms with Crippen LogP contribution in [0.5, 0.6) is 0 Å². The Labute approximate surface area is 119 Å². The molecular formula is C16H32N2O. The molecule has 3 nitrogen and oxygen atoms in total. The molecule has 2 rings (SSSR count). The Balaban J connectivity index is 1.96. The number of nitrogens with one attached hydrogen (secondary N) is 1. The molecule has 112 valence electrons. The molecule has 3 heteroatoms. The summed E-state index contributed by atoms with van der Waals surface area (Å²) in [4.78, 5) is 2.70. The molecule has 0 aromatic rings. The first-order chi connectivity index (χ1) is 9.15. The summed E-state index contributed by atoms with van der Waals surface area (Å²) in [5.41, 5.74) is 0.416. The lowest BCUT2D eigenvalue weighted by atomic mass is 9.79. The highest BCUT2D eigenvalue weighted by Crippen LogP contribution is 2.32. The first-order valence-corrected chi connectivity index (χ1v) is 8.13. The Hall–Kier alpha value is -0.120. The van der Waals surface area contributed by atoms with E-state index in [-0.39, 0.29) is 0 Å². The maximum absolute atomic E-state index is 5.31. The summed E-state index contributed by atoms with van der Waals surface area (Å²) in [6.45, 7) is 9.02. The molecule has 2 aliphatic rings. The van der Waals surface area contributed by atoms with Crippen molar-refractivity contribution in [3.63, 3.8) is 0 Å². The van der Waals surface area contributed by atoms with Gasteiger partial charge in [-0.25, -0.2) is 0 Å². The van der Waals surface area contributed by atoms with Gasteiger partial charge in [0.2, 0.25) is 0 Å². The van der Waals surface area contributed by atoms with Crippen LogP contribution in [0, 0.1) is 5.92 Å². The third-order valence-corrected chi connectivity index (χ3v) is 4.87. The summed E-state index contributed by atoms with van der Waals surface area (Å²) in [5, 5.41) is 3.91. The Bertz CT molecular complexity index is 261. The maximum Gasteiger partial charge on any atom is 0.0589 e. The van der Waals surface area contributed by atoms with Crippen LogP contribution in [0.1, 0.15) is 52.4 Å². The van der Waals surface area contributed by atoms with Gasteiger partial charge in [-0.3, -0.25) is 4.90 Å². The molecule has 0 bridgehead atoms. The van der Waals surface area contributed by atoms with E-state index in [0.29, 0.717) is 11.6 Å². The van der Waals surface area contributed by atoms with E-state index in [0.717, 1.165) is 19.1 Å². The summed E-state index contributed by atoms with van der Waals surface area (Å²) in [6, 6.07) is 0.697. The van der Waals surface area contributed by atoms with Crippen LogP contribution >= 0.6 is 0 Å². The van der Waals surface area contributed by atoms with Gasteiger partial charge in [0, 0.05) is 38.3 Å². The second kappa shape index (κ2) is 7.05. The van der Waals surface area contributed by atoms with E-state index in [2.05, 4.69) is 24.1 Å². The van der Waals surface area contributed by atoms with Gasteiger partial charge in [0.05, 0.1) is 6.61 Å². The van der Waals surface area contributed by atoms with Crippen molar-refractivity contribution in [1.29, 1.82) is 0 Å². The van der Waals surface area contributed by atoms with E-state index in [1.165, 1.54) is 51.6 Å². The van der Waals surface area contributed by atoms with Crippen LogP contribution in [0.4, 0.5) is 0 Å². The summed E-state index contributed by atoms with van der Waals surface area (Å²) in [6.07, 6.45) is 8.26. The molecule has 1 saturated heterocycles. The average molecular weight is 268 g/mol. The van der Waals surface area contributed by atoms with Crippen LogP contribution in [0.2, 0.25) is 0 Å². The predicted octanol–water partition coefficient (Wildman–Crippen LogP) is 2.66. The van der Waals surface area contributed by atoms with E-state index in [4.69, 9.17) is 4.74 Å². The minimum atomic E-state index is 0.416. The molecule has 1 N–H and O–H groups in total. The van der Waals surface area contributed by atoms with Gasteiger partial charge in [-0.2, -0.15) is 0 Å². The highest BCUT2D eigenvalue weighted by molar-refractivity contribution is 4.99. The topological polar surface area (TPSA) is 24.5 Å². The molecule has 0 amide bonds. The summed E-state index contributed by atoms with van der Waals surface area (Å²) in [7, 11) is 1.82. The quantitative estimate of drug-likeness (QED) is 0.829. The summed E-state index contributed by atoms with van der Waals surface area (Å²) < 4.78 is 5.31. The molecule has 1 atom stereocenters. The lowest BCUT2D eigenvalue weighted by molar-refractivity contribution is 0.0292. The summed E-state index contributed by atoms with van der Waals surface area (Å²) in [5.74, 6) is 0.775. The standard InChI is InChI=1S/C16H32N2O/c1-14(2)11-15-12-17-16(7-5-4-6-8-16)13-18(15)9-10-19-3/h14-15,17H,4-13H2,1-3H3. The lowest BCUT2D eigenvalue weighted by Crippen LogP contribution is -2.65. The fourth-order valence-electron chi connectivity index (χ4n) is 3.85. The van der Waals surface area contributed by atoms with Crippen molar-refractivity contribution in [2.45, 2.75) is 64.0 Å². The molecule has 0 radical (unpaired) electrons. The number of piperazine rings is 1. The predicted molar refractivity (Wildman–Crippen MR) is 80.5 cm³/mol. The molecule has 19 heavy (non-hydrogen) atoms.